The van der Waals surface area contributed by atoms with E-state index < -0.39 is 0 Å². The molecule has 1 rings (SSSR count). The highest BCUT2D eigenvalue weighted by Crippen LogP contribution is 2.03. The van der Waals surface area contributed by atoms with E-state index in [0.29, 0.717) is 6.10 Å². The van der Waals surface area contributed by atoms with Gasteiger partial charge in [-0.05, 0) is 13.1 Å². The molecule has 0 radical (unpaired) electrons. The lowest BCUT2D eigenvalue weighted by atomic mass is 10.2. The Hall–Kier alpha value is -0.160. The maximum atomic E-state index is 5.69. The molecule has 4 heteroatoms. The molecule has 1 atom stereocenters. The van der Waals surface area contributed by atoms with Crippen LogP contribution in [-0.2, 0) is 4.74 Å². The first kappa shape index (κ1) is 12.9. The van der Waals surface area contributed by atoms with E-state index in [4.69, 9.17) is 4.74 Å². The van der Waals surface area contributed by atoms with Crippen molar-refractivity contribution < 1.29 is 4.74 Å². The highest BCUT2D eigenvalue weighted by molar-refractivity contribution is 4.73. The summed E-state index contributed by atoms with van der Waals surface area (Å²) in [5.41, 5.74) is 0. The average Bonchev–Trinajstić information content (AvgIpc) is 2.27. The van der Waals surface area contributed by atoms with E-state index in [1.54, 1.807) is 0 Å². The Morgan fingerprint density at radius 2 is 2.07 bits per heavy atom. The van der Waals surface area contributed by atoms with Crippen LogP contribution in [0.1, 0.15) is 13.8 Å². The van der Waals surface area contributed by atoms with Gasteiger partial charge in [-0.2, -0.15) is 0 Å². The van der Waals surface area contributed by atoms with Crippen LogP contribution >= 0.6 is 0 Å². The molecule has 15 heavy (non-hydrogen) atoms. The molecule has 90 valence electrons. The first-order valence-corrected chi connectivity index (χ1v) is 6.12. The minimum absolute atomic E-state index is 0.375. The third-order valence-corrected chi connectivity index (χ3v) is 2.70. The molecule has 0 unspecified atom stereocenters. The van der Waals surface area contributed by atoms with E-state index >= 15 is 0 Å². The summed E-state index contributed by atoms with van der Waals surface area (Å²) in [4.78, 5) is 2.48. The summed E-state index contributed by atoms with van der Waals surface area (Å²) in [6.07, 6.45) is 0.375. The van der Waals surface area contributed by atoms with Crippen LogP contribution in [0.25, 0.3) is 0 Å². The van der Waals surface area contributed by atoms with Gasteiger partial charge in [-0.3, -0.25) is 4.90 Å². The van der Waals surface area contributed by atoms with Gasteiger partial charge in [-0.25, -0.2) is 0 Å². The second-order valence-electron chi connectivity index (χ2n) is 3.95. The summed E-state index contributed by atoms with van der Waals surface area (Å²) in [5, 5.41) is 6.69. The van der Waals surface area contributed by atoms with Gasteiger partial charge >= 0.3 is 0 Å². The molecule has 0 aromatic heterocycles. The molecule has 4 nitrogen and oxygen atoms in total. The lowest BCUT2D eigenvalue weighted by molar-refractivity contribution is -0.0262. The van der Waals surface area contributed by atoms with Crippen molar-refractivity contribution in [1.82, 2.24) is 15.5 Å². The van der Waals surface area contributed by atoms with E-state index in [1.807, 2.05) is 0 Å². The molecule has 0 saturated carbocycles. The Balaban J connectivity index is 2.11. The third kappa shape index (κ3) is 5.47. The molecule has 1 saturated heterocycles. The Bertz CT molecular complexity index is 155. The molecule has 0 amide bonds. The summed E-state index contributed by atoms with van der Waals surface area (Å²) in [5.74, 6) is 0. The zero-order chi connectivity index (χ0) is 10.9. The Kier molecular flexibility index (Phi) is 6.92. The number of rotatable bonds is 7. The summed E-state index contributed by atoms with van der Waals surface area (Å²) in [6, 6.07) is 0. The maximum absolute atomic E-state index is 5.69. The van der Waals surface area contributed by atoms with E-state index in [-0.39, 0.29) is 0 Å². The number of nitrogens with one attached hydrogen (secondary N) is 2. The van der Waals surface area contributed by atoms with Crippen LogP contribution in [0.5, 0.6) is 0 Å². The Labute approximate surface area is 93.4 Å². The van der Waals surface area contributed by atoms with Crippen LogP contribution in [0.4, 0.5) is 0 Å². The zero-order valence-electron chi connectivity index (χ0n) is 10.1. The lowest BCUT2D eigenvalue weighted by Gasteiger charge is -2.33. The van der Waals surface area contributed by atoms with Crippen LogP contribution in [0.2, 0.25) is 0 Å². The minimum atomic E-state index is 0.375. The van der Waals surface area contributed by atoms with Gasteiger partial charge in [0.2, 0.25) is 0 Å². The van der Waals surface area contributed by atoms with Crippen molar-refractivity contribution in [1.29, 1.82) is 0 Å². The van der Waals surface area contributed by atoms with Crippen LogP contribution in [0.3, 0.4) is 0 Å². The quantitative estimate of drug-likeness (QED) is 0.582. The fraction of sp³-hybridized carbons (Fsp3) is 1.00. The van der Waals surface area contributed by atoms with Gasteiger partial charge in [0.1, 0.15) is 0 Å². The van der Waals surface area contributed by atoms with Crippen LogP contribution in [-0.4, -0.2) is 63.4 Å². The Morgan fingerprint density at radius 3 is 2.80 bits per heavy atom. The molecular formula is C11H25N3O. The van der Waals surface area contributed by atoms with Crippen molar-refractivity contribution in [2.45, 2.75) is 20.0 Å². The molecule has 0 aliphatic carbocycles. The SMILES string of the molecule is CCNCCN1CCO[C@@H](CNCC)C1. The van der Waals surface area contributed by atoms with Crippen molar-refractivity contribution in [2.24, 2.45) is 0 Å². The second-order valence-corrected chi connectivity index (χ2v) is 3.95. The van der Waals surface area contributed by atoms with Gasteiger partial charge in [0, 0.05) is 32.7 Å². The molecule has 0 aromatic carbocycles. The minimum Gasteiger partial charge on any atom is -0.374 e. The van der Waals surface area contributed by atoms with Crippen molar-refractivity contribution in [3.8, 4) is 0 Å². The normalized spacial score (nSPS) is 23.2. The topological polar surface area (TPSA) is 36.5 Å². The van der Waals surface area contributed by atoms with Crippen molar-refractivity contribution in [3.05, 3.63) is 0 Å². The van der Waals surface area contributed by atoms with Crippen LogP contribution in [0, 0.1) is 0 Å². The monoisotopic (exact) mass is 215 g/mol. The van der Waals surface area contributed by atoms with E-state index in [0.717, 1.165) is 52.4 Å². The van der Waals surface area contributed by atoms with E-state index in [2.05, 4.69) is 29.4 Å². The molecule has 0 bridgehead atoms. The summed E-state index contributed by atoms with van der Waals surface area (Å²) in [6.45, 7) is 12.6. The predicted octanol–water partition coefficient (Wildman–Crippen LogP) is -0.0938. The molecule has 1 aliphatic heterocycles. The smallest absolute Gasteiger partial charge is 0.0826 e. The van der Waals surface area contributed by atoms with Crippen LogP contribution < -0.4 is 10.6 Å². The second kappa shape index (κ2) is 8.05. The zero-order valence-corrected chi connectivity index (χ0v) is 10.1. The first-order valence-electron chi connectivity index (χ1n) is 6.12. The predicted molar refractivity (Wildman–Crippen MR) is 63.3 cm³/mol. The fourth-order valence-electron chi connectivity index (χ4n) is 1.83. The number of hydrogen-bond acceptors (Lipinski definition) is 4. The first-order chi connectivity index (χ1) is 7.36. The molecule has 2 N–H and O–H groups in total. The lowest BCUT2D eigenvalue weighted by Crippen LogP contribution is -2.48. The fourth-order valence-corrected chi connectivity index (χ4v) is 1.83. The van der Waals surface area contributed by atoms with Gasteiger partial charge in [-0.15, -0.1) is 0 Å². The van der Waals surface area contributed by atoms with Crippen molar-refractivity contribution >= 4 is 0 Å². The van der Waals surface area contributed by atoms with E-state index in [9.17, 15) is 0 Å². The molecule has 1 aliphatic rings. The molecular weight excluding hydrogens is 190 g/mol. The average molecular weight is 215 g/mol. The van der Waals surface area contributed by atoms with Gasteiger partial charge in [0.05, 0.1) is 12.7 Å². The highest BCUT2D eigenvalue weighted by atomic mass is 16.5. The number of likely N-dealkylation sites (N-methyl/N-ethyl adjacent to an activating group) is 2. The van der Waals surface area contributed by atoms with E-state index in [1.165, 1.54) is 0 Å². The molecule has 1 heterocycles. The Morgan fingerprint density at radius 1 is 1.27 bits per heavy atom. The summed E-state index contributed by atoms with van der Waals surface area (Å²) in [7, 11) is 0. The molecule has 0 aromatic rings. The summed E-state index contributed by atoms with van der Waals surface area (Å²) >= 11 is 0. The third-order valence-electron chi connectivity index (χ3n) is 2.70. The standard InChI is InChI=1S/C11H25N3O/c1-3-12-5-6-14-7-8-15-11(10-14)9-13-4-2/h11-13H,3-10H2,1-2H3/t11-/m0/s1. The van der Waals surface area contributed by atoms with Gasteiger partial charge in [-0.1, -0.05) is 13.8 Å². The summed E-state index contributed by atoms with van der Waals surface area (Å²) < 4.78 is 5.69. The van der Waals surface area contributed by atoms with Crippen LogP contribution in [0.15, 0.2) is 0 Å². The van der Waals surface area contributed by atoms with Gasteiger partial charge in [0.25, 0.3) is 0 Å². The van der Waals surface area contributed by atoms with Gasteiger partial charge < -0.3 is 15.4 Å². The number of hydrogen-bond donors (Lipinski definition) is 2. The van der Waals surface area contributed by atoms with Gasteiger partial charge in [0.15, 0.2) is 0 Å². The highest BCUT2D eigenvalue weighted by Gasteiger charge is 2.19. The number of morpholine rings is 1. The number of nitrogens with zero attached hydrogens (tertiary/aromatic N) is 1. The van der Waals surface area contributed by atoms with Crippen molar-refractivity contribution in [3.63, 3.8) is 0 Å². The molecule has 1 fully saturated rings. The maximum Gasteiger partial charge on any atom is 0.0826 e. The largest absolute Gasteiger partial charge is 0.374 e. The molecule has 0 spiro atoms. The van der Waals surface area contributed by atoms with Crippen molar-refractivity contribution in [2.75, 3.05) is 52.4 Å². The number of ether oxygens (including phenoxy) is 1.